The van der Waals surface area contributed by atoms with E-state index in [0.717, 1.165) is 11.6 Å². The molecule has 0 bridgehead atoms. The van der Waals surface area contributed by atoms with Crippen molar-refractivity contribution in [2.24, 2.45) is 5.10 Å². The summed E-state index contributed by atoms with van der Waals surface area (Å²) in [6.45, 7) is -0.571. The van der Waals surface area contributed by atoms with Crippen LogP contribution in [0, 0.1) is 20.2 Å². The Kier molecular flexibility index (Phi) is 9.19. The van der Waals surface area contributed by atoms with Crippen LogP contribution in [-0.2, 0) is 21.4 Å². The SMILES string of the molecule is O=C(CN(c1ccccc1[N+](=O)[O-])S(=O)(=O)c1ccccc1)N/N=C\c1ccc(OCc2ccc([N+](=O)[O-])cc2)cc1. The van der Waals surface area contributed by atoms with Crippen molar-refractivity contribution in [1.82, 2.24) is 5.43 Å². The van der Waals surface area contributed by atoms with Crippen LogP contribution >= 0.6 is 0 Å². The molecule has 0 aromatic heterocycles. The first kappa shape index (κ1) is 29.4. The van der Waals surface area contributed by atoms with Gasteiger partial charge in [0.05, 0.1) is 21.0 Å². The number of carbonyl (C=O) groups excluding carboxylic acids is 1. The summed E-state index contributed by atoms with van der Waals surface area (Å²) in [7, 11) is -4.35. The molecule has 0 aliphatic rings. The van der Waals surface area contributed by atoms with E-state index in [1.54, 1.807) is 42.5 Å². The minimum absolute atomic E-state index is 0.0126. The highest BCUT2D eigenvalue weighted by Crippen LogP contribution is 2.32. The molecular weight excluding hydrogens is 566 g/mol. The van der Waals surface area contributed by atoms with Crippen molar-refractivity contribution in [3.63, 3.8) is 0 Å². The quantitative estimate of drug-likeness (QED) is 0.143. The minimum Gasteiger partial charge on any atom is -0.489 e. The number of nitrogens with zero attached hydrogens (tertiary/aromatic N) is 4. The van der Waals surface area contributed by atoms with Gasteiger partial charge < -0.3 is 4.74 Å². The molecule has 0 aliphatic carbocycles. The predicted molar refractivity (Wildman–Crippen MR) is 154 cm³/mol. The number of amides is 1. The molecular formula is C28H23N5O8S. The number of non-ortho nitro benzene ring substituents is 1. The molecule has 0 spiro atoms. The van der Waals surface area contributed by atoms with Crippen molar-refractivity contribution in [3.8, 4) is 5.75 Å². The largest absolute Gasteiger partial charge is 0.489 e. The molecule has 0 saturated heterocycles. The third-order valence-electron chi connectivity index (χ3n) is 5.80. The van der Waals surface area contributed by atoms with E-state index in [1.807, 2.05) is 0 Å². The van der Waals surface area contributed by atoms with Crippen LogP contribution in [0.1, 0.15) is 11.1 Å². The molecule has 214 valence electrons. The summed E-state index contributed by atoms with van der Waals surface area (Å²) in [5, 5.41) is 26.2. The van der Waals surface area contributed by atoms with Gasteiger partial charge in [-0.1, -0.05) is 30.3 Å². The first-order valence-corrected chi connectivity index (χ1v) is 13.7. The first-order valence-electron chi connectivity index (χ1n) is 12.2. The number of nitro groups is 2. The average molecular weight is 590 g/mol. The van der Waals surface area contributed by atoms with Gasteiger partial charge in [0.25, 0.3) is 27.3 Å². The summed E-state index contributed by atoms with van der Waals surface area (Å²) in [5.74, 6) is -0.298. The van der Waals surface area contributed by atoms with Gasteiger partial charge in [0, 0.05) is 18.2 Å². The lowest BCUT2D eigenvalue weighted by molar-refractivity contribution is -0.384. The summed E-state index contributed by atoms with van der Waals surface area (Å²) in [5.41, 5.74) is 2.83. The molecule has 13 nitrogen and oxygen atoms in total. The Balaban J connectivity index is 1.42. The first-order chi connectivity index (χ1) is 20.1. The summed E-state index contributed by atoms with van der Waals surface area (Å²) < 4.78 is 33.1. The maximum absolute atomic E-state index is 13.4. The molecule has 0 heterocycles. The Labute approximate surface area is 240 Å². The van der Waals surface area contributed by atoms with Crippen LogP contribution in [0.15, 0.2) is 113 Å². The van der Waals surface area contributed by atoms with E-state index in [0.29, 0.717) is 15.6 Å². The number of hydrazone groups is 1. The number of hydrogen-bond acceptors (Lipinski definition) is 9. The number of anilines is 1. The predicted octanol–water partition coefficient (Wildman–Crippen LogP) is 4.43. The highest BCUT2D eigenvalue weighted by Gasteiger charge is 2.31. The summed E-state index contributed by atoms with van der Waals surface area (Å²) in [6, 6.07) is 25.2. The number of benzene rings is 4. The highest BCUT2D eigenvalue weighted by atomic mass is 32.2. The number of para-hydroxylation sites is 2. The van der Waals surface area contributed by atoms with Crippen molar-refractivity contribution in [2.45, 2.75) is 11.5 Å². The maximum atomic E-state index is 13.4. The number of sulfonamides is 1. The van der Waals surface area contributed by atoms with E-state index < -0.39 is 38.0 Å². The summed E-state index contributed by atoms with van der Waals surface area (Å²) in [4.78, 5) is 33.8. The average Bonchev–Trinajstić information content (AvgIpc) is 3.00. The van der Waals surface area contributed by atoms with Crippen LogP contribution in [0.3, 0.4) is 0 Å². The van der Waals surface area contributed by atoms with E-state index in [1.165, 1.54) is 60.8 Å². The van der Waals surface area contributed by atoms with Crippen molar-refractivity contribution in [2.75, 3.05) is 10.8 Å². The van der Waals surface area contributed by atoms with Crippen molar-refractivity contribution in [3.05, 3.63) is 134 Å². The molecule has 4 aromatic carbocycles. The molecule has 0 unspecified atom stereocenters. The van der Waals surface area contributed by atoms with Crippen LogP contribution in [-0.4, -0.2) is 36.9 Å². The number of carbonyl (C=O) groups is 1. The van der Waals surface area contributed by atoms with Crippen molar-refractivity contribution < 1.29 is 27.8 Å². The lowest BCUT2D eigenvalue weighted by atomic mass is 10.2. The minimum atomic E-state index is -4.35. The van der Waals surface area contributed by atoms with Gasteiger partial charge >= 0.3 is 0 Å². The smallest absolute Gasteiger partial charge is 0.293 e. The standard InChI is InChI=1S/C28H23N5O8S/c34-28(19-31(26-8-4-5-9-27(26)33(37)38)42(39,40)25-6-2-1-3-7-25)30-29-18-21-12-16-24(17-13-21)41-20-22-10-14-23(15-11-22)32(35)36/h1-18H,19-20H2,(H,30,34)/b29-18-. The lowest BCUT2D eigenvalue weighted by Crippen LogP contribution is -2.39. The second kappa shape index (κ2) is 13.1. The van der Waals surface area contributed by atoms with Gasteiger partial charge in [-0.2, -0.15) is 5.10 Å². The third kappa shape index (κ3) is 7.31. The molecule has 42 heavy (non-hydrogen) atoms. The second-order valence-electron chi connectivity index (χ2n) is 8.65. The van der Waals surface area contributed by atoms with Gasteiger partial charge in [-0.15, -0.1) is 0 Å². The Hall–Kier alpha value is -5.63. The van der Waals surface area contributed by atoms with E-state index in [-0.39, 0.29) is 22.9 Å². The fourth-order valence-corrected chi connectivity index (χ4v) is 5.18. The van der Waals surface area contributed by atoms with Crippen molar-refractivity contribution in [1.29, 1.82) is 0 Å². The lowest BCUT2D eigenvalue weighted by Gasteiger charge is -2.23. The van der Waals surface area contributed by atoms with Gasteiger partial charge in [0.15, 0.2) is 0 Å². The molecule has 4 aromatic rings. The van der Waals surface area contributed by atoms with Gasteiger partial charge in [-0.3, -0.25) is 25.0 Å². The molecule has 14 heteroatoms. The van der Waals surface area contributed by atoms with Crippen LogP contribution in [0.4, 0.5) is 17.1 Å². The maximum Gasteiger partial charge on any atom is 0.293 e. The van der Waals surface area contributed by atoms with Crippen LogP contribution in [0.25, 0.3) is 0 Å². The Morgan fingerprint density at radius 2 is 1.50 bits per heavy atom. The number of nitrogens with one attached hydrogen (secondary N) is 1. The zero-order chi connectivity index (χ0) is 30.1. The fourth-order valence-electron chi connectivity index (χ4n) is 3.72. The number of hydrogen-bond donors (Lipinski definition) is 1. The van der Waals surface area contributed by atoms with Crippen LogP contribution in [0.2, 0.25) is 0 Å². The molecule has 4 rings (SSSR count). The molecule has 1 N–H and O–H groups in total. The van der Waals surface area contributed by atoms with E-state index in [4.69, 9.17) is 4.74 Å². The van der Waals surface area contributed by atoms with Crippen LogP contribution < -0.4 is 14.5 Å². The van der Waals surface area contributed by atoms with Gasteiger partial charge in [-0.05, 0) is 65.7 Å². The fraction of sp³-hybridized carbons (Fsp3) is 0.0714. The van der Waals surface area contributed by atoms with Gasteiger partial charge in [-0.25, -0.2) is 18.1 Å². The number of nitro benzene ring substituents is 2. The monoisotopic (exact) mass is 589 g/mol. The Bertz CT molecular complexity index is 1710. The number of rotatable bonds is 12. The Morgan fingerprint density at radius 1 is 0.857 bits per heavy atom. The van der Waals surface area contributed by atoms with E-state index in [2.05, 4.69) is 10.5 Å². The number of ether oxygens (including phenoxy) is 1. The third-order valence-corrected chi connectivity index (χ3v) is 7.58. The van der Waals surface area contributed by atoms with Crippen molar-refractivity contribution >= 4 is 39.2 Å². The second-order valence-corrected chi connectivity index (χ2v) is 10.5. The van der Waals surface area contributed by atoms with Gasteiger partial charge in [0.1, 0.15) is 24.6 Å². The zero-order valence-electron chi connectivity index (χ0n) is 21.8. The summed E-state index contributed by atoms with van der Waals surface area (Å²) >= 11 is 0. The molecule has 0 atom stereocenters. The molecule has 1 amide bonds. The van der Waals surface area contributed by atoms with Crippen LogP contribution in [0.5, 0.6) is 5.75 Å². The van der Waals surface area contributed by atoms with E-state index >= 15 is 0 Å². The Morgan fingerprint density at radius 3 is 2.14 bits per heavy atom. The van der Waals surface area contributed by atoms with E-state index in [9.17, 15) is 33.4 Å². The topological polar surface area (TPSA) is 174 Å². The summed E-state index contributed by atoms with van der Waals surface area (Å²) in [6.07, 6.45) is 1.33. The molecule has 0 saturated carbocycles. The molecule has 0 radical (unpaired) electrons. The zero-order valence-corrected chi connectivity index (χ0v) is 22.6. The molecule has 0 fully saturated rings. The van der Waals surface area contributed by atoms with Gasteiger partial charge in [0.2, 0.25) is 0 Å². The molecule has 0 aliphatic heterocycles. The normalized spacial score (nSPS) is 11.1. The highest BCUT2D eigenvalue weighted by molar-refractivity contribution is 7.92.